The second-order valence-corrected chi connectivity index (χ2v) is 3.94. The Hall–Kier alpha value is -1.36. The molecule has 1 aliphatic rings. The number of hydrogen-bond donors (Lipinski definition) is 2. The van der Waals surface area contributed by atoms with Crippen molar-refractivity contribution in [3.05, 3.63) is 18.2 Å². The molecule has 1 amide bonds. The van der Waals surface area contributed by atoms with Gasteiger partial charge < -0.3 is 15.0 Å². The van der Waals surface area contributed by atoms with Crippen molar-refractivity contribution in [3.63, 3.8) is 0 Å². The minimum absolute atomic E-state index is 0.0970. The summed E-state index contributed by atoms with van der Waals surface area (Å²) in [6, 6.07) is 0. The predicted molar refractivity (Wildman–Crippen MR) is 49.7 cm³/mol. The molecule has 1 unspecified atom stereocenters. The fourth-order valence-electron chi connectivity index (χ4n) is 1.66. The normalized spacial score (nSPS) is 26.9. The van der Waals surface area contributed by atoms with Crippen molar-refractivity contribution in [2.24, 2.45) is 0 Å². The van der Waals surface area contributed by atoms with E-state index in [4.69, 9.17) is 0 Å². The quantitative estimate of drug-likeness (QED) is 0.663. The number of imidazole rings is 1. The molecular formula is C9H13N3O2. The topological polar surface area (TPSA) is 69.2 Å². The Morgan fingerprint density at radius 2 is 2.57 bits per heavy atom. The molecular weight excluding hydrogens is 182 g/mol. The Bertz CT molecular complexity index is 332. The molecule has 0 radical (unpaired) electrons. The van der Waals surface area contributed by atoms with Gasteiger partial charge in [-0.25, -0.2) is 4.98 Å². The van der Waals surface area contributed by atoms with Crippen LogP contribution in [0.5, 0.6) is 0 Å². The highest BCUT2D eigenvalue weighted by Gasteiger charge is 2.34. The van der Waals surface area contributed by atoms with Gasteiger partial charge in [0.15, 0.2) is 0 Å². The van der Waals surface area contributed by atoms with Crippen molar-refractivity contribution >= 4 is 5.91 Å². The smallest absolute Gasteiger partial charge is 0.272 e. The minimum Gasteiger partial charge on any atom is -0.388 e. The summed E-state index contributed by atoms with van der Waals surface area (Å²) in [5, 5.41) is 9.69. The van der Waals surface area contributed by atoms with Crippen LogP contribution in [0.25, 0.3) is 0 Å². The van der Waals surface area contributed by atoms with Crippen LogP contribution in [0.15, 0.2) is 12.5 Å². The molecule has 2 rings (SSSR count). The van der Waals surface area contributed by atoms with Crippen molar-refractivity contribution in [1.29, 1.82) is 0 Å². The number of aliphatic hydroxyl groups is 1. The molecule has 76 valence electrons. The Morgan fingerprint density at radius 3 is 3.07 bits per heavy atom. The minimum atomic E-state index is -0.740. The highest BCUT2D eigenvalue weighted by molar-refractivity contribution is 5.92. The summed E-state index contributed by atoms with van der Waals surface area (Å²) >= 11 is 0. The molecule has 1 aliphatic heterocycles. The first-order chi connectivity index (χ1) is 6.58. The predicted octanol–water partition coefficient (Wildman–Crippen LogP) is 0.00660. The van der Waals surface area contributed by atoms with Crippen LogP contribution in [0, 0.1) is 0 Å². The first-order valence-electron chi connectivity index (χ1n) is 4.58. The Balaban J connectivity index is 2.08. The van der Waals surface area contributed by atoms with Crippen molar-refractivity contribution in [2.45, 2.75) is 18.9 Å². The van der Waals surface area contributed by atoms with Gasteiger partial charge in [-0.05, 0) is 13.3 Å². The zero-order valence-corrected chi connectivity index (χ0v) is 8.03. The maximum absolute atomic E-state index is 11.7. The summed E-state index contributed by atoms with van der Waals surface area (Å²) in [7, 11) is 0. The molecule has 0 aliphatic carbocycles. The number of aromatic nitrogens is 2. The third-order valence-corrected chi connectivity index (χ3v) is 2.47. The van der Waals surface area contributed by atoms with Crippen LogP contribution in [0.2, 0.25) is 0 Å². The van der Waals surface area contributed by atoms with Crippen molar-refractivity contribution in [1.82, 2.24) is 14.9 Å². The van der Waals surface area contributed by atoms with Crippen molar-refractivity contribution in [2.75, 3.05) is 13.1 Å². The molecule has 1 aromatic rings. The van der Waals surface area contributed by atoms with E-state index in [1.807, 2.05) is 0 Å². The van der Waals surface area contributed by atoms with Crippen LogP contribution in [0.3, 0.4) is 0 Å². The SMILES string of the molecule is CC1(O)CCN(C(=O)c2cnc[nH]2)C1. The fraction of sp³-hybridized carbons (Fsp3) is 0.556. The molecule has 5 nitrogen and oxygen atoms in total. The number of likely N-dealkylation sites (tertiary alicyclic amines) is 1. The molecule has 1 fully saturated rings. The summed E-state index contributed by atoms with van der Waals surface area (Å²) in [5.41, 5.74) is -0.266. The average molecular weight is 195 g/mol. The van der Waals surface area contributed by atoms with Crippen molar-refractivity contribution < 1.29 is 9.90 Å². The molecule has 1 atom stereocenters. The van der Waals surface area contributed by atoms with E-state index in [1.54, 1.807) is 11.8 Å². The number of nitrogens with one attached hydrogen (secondary N) is 1. The highest BCUT2D eigenvalue weighted by atomic mass is 16.3. The number of carbonyl (C=O) groups is 1. The van der Waals surface area contributed by atoms with E-state index in [9.17, 15) is 9.90 Å². The monoisotopic (exact) mass is 195 g/mol. The lowest BCUT2D eigenvalue weighted by Crippen LogP contribution is -2.34. The van der Waals surface area contributed by atoms with Gasteiger partial charge in [0.05, 0.1) is 18.1 Å². The van der Waals surface area contributed by atoms with Crippen LogP contribution >= 0.6 is 0 Å². The van der Waals surface area contributed by atoms with E-state index in [0.717, 1.165) is 0 Å². The van der Waals surface area contributed by atoms with E-state index in [2.05, 4.69) is 9.97 Å². The lowest BCUT2D eigenvalue weighted by atomic mass is 10.1. The summed E-state index contributed by atoms with van der Waals surface area (Å²) in [6.45, 7) is 2.74. The van der Waals surface area contributed by atoms with Crippen LogP contribution in [0.1, 0.15) is 23.8 Å². The number of hydrogen-bond acceptors (Lipinski definition) is 3. The average Bonchev–Trinajstić information content (AvgIpc) is 2.72. The summed E-state index contributed by atoms with van der Waals surface area (Å²) in [5.74, 6) is -0.0970. The first kappa shape index (κ1) is 9.21. The number of H-pyrrole nitrogens is 1. The molecule has 0 aromatic carbocycles. The van der Waals surface area contributed by atoms with Gasteiger partial charge in [-0.3, -0.25) is 4.79 Å². The standard InChI is InChI=1S/C9H13N3O2/c1-9(14)2-3-12(5-9)8(13)7-4-10-6-11-7/h4,6,14H,2-3,5H2,1H3,(H,10,11). The van der Waals surface area contributed by atoms with E-state index in [0.29, 0.717) is 25.2 Å². The van der Waals surface area contributed by atoms with Gasteiger partial charge in [0.1, 0.15) is 5.69 Å². The van der Waals surface area contributed by atoms with Gasteiger partial charge in [-0.1, -0.05) is 0 Å². The van der Waals surface area contributed by atoms with Gasteiger partial charge in [-0.15, -0.1) is 0 Å². The zero-order valence-electron chi connectivity index (χ0n) is 8.03. The maximum Gasteiger partial charge on any atom is 0.272 e. The van der Waals surface area contributed by atoms with Gasteiger partial charge in [0, 0.05) is 13.1 Å². The van der Waals surface area contributed by atoms with Gasteiger partial charge >= 0.3 is 0 Å². The van der Waals surface area contributed by atoms with Gasteiger partial charge in [0.2, 0.25) is 0 Å². The van der Waals surface area contributed by atoms with Crippen LogP contribution in [-0.2, 0) is 0 Å². The molecule has 5 heteroatoms. The Labute approximate surface area is 81.8 Å². The molecule has 1 saturated heterocycles. The van der Waals surface area contributed by atoms with Crippen molar-refractivity contribution in [3.8, 4) is 0 Å². The van der Waals surface area contributed by atoms with E-state index in [1.165, 1.54) is 12.5 Å². The number of aromatic amines is 1. The number of nitrogens with zero attached hydrogens (tertiary/aromatic N) is 2. The number of amides is 1. The number of β-amino-alcohol motifs (C(OH)–C–C–N with tert-alkyl or cyclic N) is 1. The molecule has 0 bridgehead atoms. The van der Waals surface area contributed by atoms with Crippen LogP contribution < -0.4 is 0 Å². The van der Waals surface area contributed by atoms with Gasteiger partial charge in [0.25, 0.3) is 5.91 Å². The van der Waals surface area contributed by atoms with E-state index >= 15 is 0 Å². The lowest BCUT2D eigenvalue weighted by molar-refractivity contribution is 0.0569. The third kappa shape index (κ3) is 1.63. The number of carbonyl (C=O) groups excluding carboxylic acids is 1. The summed E-state index contributed by atoms with van der Waals surface area (Å²) in [4.78, 5) is 19.9. The van der Waals surface area contributed by atoms with E-state index in [-0.39, 0.29) is 5.91 Å². The second kappa shape index (κ2) is 3.09. The molecule has 2 N–H and O–H groups in total. The highest BCUT2D eigenvalue weighted by Crippen LogP contribution is 2.21. The summed E-state index contributed by atoms with van der Waals surface area (Å²) in [6.07, 6.45) is 3.60. The van der Waals surface area contributed by atoms with Gasteiger partial charge in [-0.2, -0.15) is 0 Å². The zero-order chi connectivity index (χ0) is 10.2. The first-order valence-corrected chi connectivity index (χ1v) is 4.58. The molecule has 14 heavy (non-hydrogen) atoms. The molecule has 2 heterocycles. The Morgan fingerprint density at radius 1 is 1.79 bits per heavy atom. The second-order valence-electron chi connectivity index (χ2n) is 3.94. The maximum atomic E-state index is 11.7. The molecule has 0 spiro atoms. The Kier molecular flexibility index (Phi) is 2.03. The van der Waals surface area contributed by atoms with Crippen LogP contribution in [-0.4, -0.2) is 44.6 Å². The largest absolute Gasteiger partial charge is 0.388 e. The molecule has 1 aromatic heterocycles. The third-order valence-electron chi connectivity index (χ3n) is 2.47. The van der Waals surface area contributed by atoms with Crippen LogP contribution in [0.4, 0.5) is 0 Å². The fourth-order valence-corrected chi connectivity index (χ4v) is 1.66. The number of rotatable bonds is 1. The molecule has 0 saturated carbocycles. The van der Waals surface area contributed by atoms with E-state index < -0.39 is 5.60 Å². The summed E-state index contributed by atoms with van der Waals surface area (Å²) < 4.78 is 0. The lowest BCUT2D eigenvalue weighted by Gasteiger charge is -2.18.